The van der Waals surface area contributed by atoms with Crippen molar-refractivity contribution in [3.05, 3.63) is 0 Å². The van der Waals surface area contributed by atoms with E-state index in [2.05, 4.69) is 12.4 Å². The van der Waals surface area contributed by atoms with E-state index in [1.807, 2.05) is 6.92 Å². The quantitative estimate of drug-likeness (QED) is 0.622. The Balaban J connectivity index is 2.18. The van der Waals surface area contributed by atoms with Gasteiger partial charge in [-0.25, -0.2) is 0 Å². The molecule has 0 saturated carbocycles. The van der Waals surface area contributed by atoms with Gasteiger partial charge < -0.3 is 9.57 Å². The summed E-state index contributed by atoms with van der Waals surface area (Å²) in [6, 6.07) is 0.476. The highest BCUT2D eigenvalue weighted by Crippen LogP contribution is 2.13. The molecule has 0 aliphatic carbocycles. The fourth-order valence-electron chi connectivity index (χ4n) is 1.25. The lowest BCUT2D eigenvalue weighted by Crippen LogP contribution is -2.41. The molecule has 1 aliphatic heterocycles. The number of nitrogens with one attached hydrogen (secondary N) is 1. The third kappa shape index (κ3) is 2.77. The molecule has 2 unspecified atom stereocenters. The molecule has 1 fully saturated rings. The Bertz CT molecular complexity index is 108. The molecule has 1 N–H and O–H groups in total. The highest BCUT2D eigenvalue weighted by atomic mass is 16.6. The predicted molar refractivity (Wildman–Crippen MR) is 43.1 cm³/mol. The first-order valence-corrected chi connectivity index (χ1v) is 4.29. The predicted octanol–water partition coefficient (Wildman–Crippen LogP) is 0.953. The Morgan fingerprint density at radius 3 is 3.09 bits per heavy atom. The minimum Gasteiger partial charge on any atom is -0.381 e. The lowest BCUT2D eigenvalue weighted by molar-refractivity contribution is -0.0407. The average molecular weight is 159 g/mol. The number of hydrogen-bond acceptors (Lipinski definition) is 3. The van der Waals surface area contributed by atoms with Crippen LogP contribution in [-0.4, -0.2) is 25.9 Å². The van der Waals surface area contributed by atoms with Crippen LogP contribution in [0.1, 0.15) is 20.3 Å². The van der Waals surface area contributed by atoms with E-state index in [1.54, 1.807) is 0 Å². The van der Waals surface area contributed by atoms with Gasteiger partial charge in [-0.2, -0.15) is 5.48 Å². The maximum Gasteiger partial charge on any atom is 0.0654 e. The van der Waals surface area contributed by atoms with Crippen molar-refractivity contribution in [2.75, 3.05) is 19.8 Å². The van der Waals surface area contributed by atoms with Gasteiger partial charge in [0.25, 0.3) is 0 Å². The van der Waals surface area contributed by atoms with E-state index in [0.717, 1.165) is 26.2 Å². The molecule has 2 atom stereocenters. The summed E-state index contributed by atoms with van der Waals surface area (Å²) in [5, 5.41) is 0. The van der Waals surface area contributed by atoms with Crippen LogP contribution in [0.5, 0.6) is 0 Å². The molecular weight excluding hydrogens is 142 g/mol. The van der Waals surface area contributed by atoms with Crippen LogP contribution >= 0.6 is 0 Å². The molecule has 1 saturated heterocycles. The van der Waals surface area contributed by atoms with E-state index in [4.69, 9.17) is 9.57 Å². The van der Waals surface area contributed by atoms with Crippen LogP contribution < -0.4 is 5.48 Å². The smallest absolute Gasteiger partial charge is 0.0654 e. The Kier molecular flexibility index (Phi) is 3.83. The lowest BCUT2D eigenvalue weighted by Gasteiger charge is -2.28. The van der Waals surface area contributed by atoms with E-state index in [9.17, 15) is 0 Å². The Hall–Kier alpha value is -0.120. The van der Waals surface area contributed by atoms with Gasteiger partial charge in [-0.3, -0.25) is 0 Å². The lowest BCUT2D eigenvalue weighted by atomic mass is 9.99. The van der Waals surface area contributed by atoms with E-state index in [-0.39, 0.29) is 0 Å². The van der Waals surface area contributed by atoms with Gasteiger partial charge >= 0.3 is 0 Å². The molecule has 0 aromatic heterocycles. The van der Waals surface area contributed by atoms with Gasteiger partial charge in [0.1, 0.15) is 0 Å². The summed E-state index contributed by atoms with van der Waals surface area (Å²) in [7, 11) is 0. The zero-order chi connectivity index (χ0) is 8.10. The van der Waals surface area contributed by atoms with Gasteiger partial charge in [-0.1, -0.05) is 6.92 Å². The van der Waals surface area contributed by atoms with Crippen molar-refractivity contribution in [2.24, 2.45) is 5.92 Å². The molecule has 0 amide bonds. The number of ether oxygens (including phenoxy) is 1. The van der Waals surface area contributed by atoms with Crippen LogP contribution in [0.25, 0.3) is 0 Å². The second kappa shape index (κ2) is 4.70. The summed E-state index contributed by atoms with van der Waals surface area (Å²) in [6.45, 7) is 6.59. The molecule has 1 aliphatic rings. The SMILES string of the molecule is CCONC1CCOCC1C. The largest absolute Gasteiger partial charge is 0.381 e. The summed E-state index contributed by atoms with van der Waals surface area (Å²) in [6.07, 6.45) is 1.06. The molecule has 3 heteroatoms. The summed E-state index contributed by atoms with van der Waals surface area (Å²) in [4.78, 5) is 5.14. The fraction of sp³-hybridized carbons (Fsp3) is 1.00. The number of hydroxylamine groups is 1. The van der Waals surface area contributed by atoms with Crippen LogP contribution in [0.15, 0.2) is 0 Å². The van der Waals surface area contributed by atoms with Gasteiger partial charge in [-0.05, 0) is 19.3 Å². The van der Waals surface area contributed by atoms with Crippen LogP contribution in [0.3, 0.4) is 0 Å². The van der Waals surface area contributed by atoms with Gasteiger partial charge in [0, 0.05) is 12.6 Å². The highest BCUT2D eigenvalue weighted by molar-refractivity contribution is 4.73. The third-order valence-electron chi connectivity index (χ3n) is 2.02. The Morgan fingerprint density at radius 2 is 2.45 bits per heavy atom. The average Bonchev–Trinajstić information content (AvgIpc) is 2.03. The van der Waals surface area contributed by atoms with Crippen molar-refractivity contribution in [3.8, 4) is 0 Å². The van der Waals surface area contributed by atoms with E-state index >= 15 is 0 Å². The standard InChI is InChI=1S/C8H17NO2/c1-3-11-9-8-4-5-10-6-7(8)2/h7-9H,3-6H2,1-2H3. The third-order valence-corrected chi connectivity index (χ3v) is 2.02. The van der Waals surface area contributed by atoms with Gasteiger partial charge in [0.05, 0.1) is 13.2 Å². The van der Waals surface area contributed by atoms with Crippen LogP contribution in [0.2, 0.25) is 0 Å². The molecule has 0 bridgehead atoms. The van der Waals surface area contributed by atoms with Crippen molar-refractivity contribution in [2.45, 2.75) is 26.3 Å². The normalized spacial score (nSPS) is 32.2. The zero-order valence-electron chi connectivity index (χ0n) is 7.30. The van der Waals surface area contributed by atoms with Crippen molar-refractivity contribution in [1.82, 2.24) is 5.48 Å². The second-order valence-electron chi connectivity index (χ2n) is 3.00. The monoisotopic (exact) mass is 159 g/mol. The molecular formula is C8H17NO2. The van der Waals surface area contributed by atoms with E-state index in [0.29, 0.717) is 12.0 Å². The molecule has 3 nitrogen and oxygen atoms in total. The van der Waals surface area contributed by atoms with Gasteiger partial charge in [0.2, 0.25) is 0 Å². The van der Waals surface area contributed by atoms with Gasteiger partial charge in [0.15, 0.2) is 0 Å². The summed E-state index contributed by atoms with van der Waals surface area (Å²) >= 11 is 0. The Labute approximate surface area is 68.0 Å². The second-order valence-corrected chi connectivity index (χ2v) is 3.00. The van der Waals surface area contributed by atoms with Crippen molar-refractivity contribution < 1.29 is 9.57 Å². The molecule has 0 aromatic carbocycles. The fourth-order valence-corrected chi connectivity index (χ4v) is 1.25. The molecule has 66 valence electrons. The van der Waals surface area contributed by atoms with Crippen LogP contribution in [0, 0.1) is 5.92 Å². The molecule has 0 aromatic rings. The Morgan fingerprint density at radius 1 is 1.64 bits per heavy atom. The molecule has 1 heterocycles. The number of rotatable bonds is 3. The van der Waals surface area contributed by atoms with Crippen molar-refractivity contribution in [1.29, 1.82) is 0 Å². The molecule has 0 radical (unpaired) electrons. The highest BCUT2D eigenvalue weighted by Gasteiger charge is 2.21. The van der Waals surface area contributed by atoms with Crippen LogP contribution in [0.4, 0.5) is 0 Å². The number of hydrogen-bond donors (Lipinski definition) is 1. The summed E-state index contributed by atoms with van der Waals surface area (Å²) in [5.41, 5.74) is 3.04. The zero-order valence-corrected chi connectivity index (χ0v) is 7.30. The summed E-state index contributed by atoms with van der Waals surface area (Å²) in [5.74, 6) is 0.565. The maximum atomic E-state index is 5.30. The van der Waals surface area contributed by atoms with Gasteiger partial charge in [-0.15, -0.1) is 0 Å². The van der Waals surface area contributed by atoms with Crippen molar-refractivity contribution in [3.63, 3.8) is 0 Å². The molecule has 0 spiro atoms. The first-order chi connectivity index (χ1) is 5.34. The van der Waals surface area contributed by atoms with Crippen molar-refractivity contribution >= 4 is 0 Å². The van der Waals surface area contributed by atoms with E-state index in [1.165, 1.54) is 0 Å². The topological polar surface area (TPSA) is 30.5 Å². The minimum absolute atomic E-state index is 0.476. The maximum absolute atomic E-state index is 5.30. The first-order valence-electron chi connectivity index (χ1n) is 4.29. The first kappa shape index (κ1) is 8.97. The van der Waals surface area contributed by atoms with E-state index < -0.39 is 0 Å². The molecule has 11 heavy (non-hydrogen) atoms. The summed E-state index contributed by atoms with van der Waals surface area (Å²) < 4.78 is 5.30. The van der Waals surface area contributed by atoms with Crippen LogP contribution in [-0.2, 0) is 9.57 Å². The molecule has 1 rings (SSSR count). The minimum atomic E-state index is 0.476.